The molecule has 0 radical (unpaired) electrons. The second kappa shape index (κ2) is 6.76. The maximum absolute atomic E-state index is 12.2. The minimum absolute atomic E-state index is 0.109. The molecule has 0 unspecified atom stereocenters. The van der Waals surface area contributed by atoms with E-state index < -0.39 is 0 Å². The molecule has 2 amide bonds. The number of nitrogens with one attached hydrogen (secondary N) is 2. The first-order valence-corrected chi connectivity index (χ1v) is 7.94. The van der Waals surface area contributed by atoms with Crippen LogP contribution >= 0.6 is 0 Å². The summed E-state index contributed by atoms with van der Waals surface area (Å²) < 4.78 is 5.39. The van der Waals surface area contributed by atoms with Gasteiger partial charge in [0.25, 0.3) is 5.91 Å². The lowest BCUT2D eigenvalue weighted by Crippen LogP contribution is -2.32. The fourth-order valence-electron chi connectivity index (χ4n) is 2.69. The minimum Gasteiger partial charge on any atom is -0.441 e. The third-order valence-corrected chi connectivity index (χ3v) is 3.67. The lowest BCUT2D eigenvalue weighted by molar-refractivity contribution is -0.115. The van der Waals surface area contributed by atoms with Gasteiger partial charge in [-0.2, -0.15) is 0 Å². The summed E-state index contributed by atoms with van der Waals surface area (Å²) in [5.74, 6) is -0.0130. The molecule has 2 aromatic carbocycles. The van der Waals surface area contributed by atoms with Crippen molar-refractivity contribution in [3.05, 3.63) is 59.0 Å². The SMILES string of the molecule is Cc1cc(C)cc(C(=O)NCC(=O)Nc2ccc3oc(C)nc3c2)c1. The molecule has 0 spiro atoms. The van der Waals surface area contributed by atoms with Crippen LogP contribution in [-0.4, -0.2) is 23.3 Å². The van der Waals surface area contributed by atoms with Gasteiger partial charge in [-0.05, 0) is 44.2 Å². The first-order valence-electron chi connectivity index (χ1n) is 7.94. The van der Waals surface area contributed by atoms with Gasteiger partial charge in [-0.1, -0.05) is 17.2 Å². The van der Waals surface area contributed by atoms with Gasteiger partial charge in [0.1, 0.15) is 5.52 Å². The number of hydrogen-bond donors (Lipinski definition) is 2. The Balaban J connectivity index is 1.60. The topological polar surface area (TPSA) is 84.2 Å². The van der Waals surface area contributed by atoms with Crippen molar-refractivity contribution in [2.45, 2.75) is 20.8 Å². The Morgan fingerprint density at radius 1 is 1.04 bits per heavy atom. The van der Waals surface area contributed by atoms with Crippen LogP contribution in [0.3, 0.4) is 0 Å². The normalized spacial score (nSPS) is 10.7. The van der Waals surface area contributed by atoms with Gasteiger partial charge >= 0.3 is 0 Å². The number of anilines is 1. The predicted octanol–water partition coefficient (Wildman–Crippen LogP) is 3.12. The summed E-state index contributed by atoms with van der Waals surface area (Å²) in [5.41, 5.74) is 4.50. The molecular formula is C19H19N3O3. The first-order chi connectivity index (χ1) is 11.9. The van der Waals surface area contributed by atoms with Crippen molar-refractivity contribution in [2.75, 3.05) is 11.9 Å². The third-order valence-electron chi connectivity index (χ3n) is 3.67. The summed E-state index contributed by atoms with van der Waals surface area (Å²) >= 11 is 0. The maximum atomic E-state index is 12.2. The molecule has 1 heterocycles. The number of benzene rings is 2. The molecule has 6 nitrogen and oxygen atoms in total. The third kappa shape index (κ3) is 4.03. The van der Waals surface area contributed by atoms with E-state index in [1.165, 1.54) is 0 Å². The molecular weight excluding hydrogens is 318 g/mol. The number of oxazole rings is 1. The minimum atomic E-state index is -0.308. The van der Waals surface area contributed by atoms with Crippen LogP contribution in [0.2, 0.25) is 0 Å². The zero-order chi connectivity index (χ0) is 18.0. The Bertz CT molecular complexity index is 939. The van der Waals surface area contributed by atoms with Gasteiger partial charge in [0.15, 0.2) is 11.5 Å². The highest BCUT2D eigenvalue weighted by Crippen LogP contribution is 2.19. The number of aryl methyl sites for hydroxylation is 3. The highest BCUT2D eigenvalue weighted by atomic mass is 16.3. The van der Waals surface area contributed by atoms with E-state index in [1.54, 1.807) is 37.3 Å². The van der Waals surface area contributed by atoms with Gasteiger partial charge in [-0.3, -0.25) is 9.59 Å². The number of carbonyl (C=O) groups is 2. The van der Waals surface area contributed by atoms with Crippen LogP contribution in [-0.2, 0) is 4.79 Å². The zero-order valence-corrected chi connectivity index (χ0v) is 14.3. The lowest BCUT2D eigenvalue weighted by atomic mass is 10.1. The van der Waals surface area contributed by atoms with Gasteiger partial charge in [0, 0.05) is 18.2 Å². The number of rotatable bonds is 4. The Hall–Kier alpha value is -3.15. The monoisotopic (exact) mass is 337 g/mol. The second-order valence-electron chi connectivity index (χ2n) is 6.02. The molecule has 0 aliphatic rings. The molecule has 1 aromatic heterocycles. The van der Waals surface area contributed by atoms with E-state index in [-0.39, 0.29) is 18.4 Å². The van der Waals surface area contributed by atoms with Crippen molar-refractivity contribution in [1.82, 2.24) is 10.3 Å². The van der Waals surface area contributed by atoms with Crippen LogP contribution in [0.5, 0.6) is 0 Å². The summed E-state index contributed by atoms with van der Waals surface area (Å²) in [5, 5.41) is 5.37. The van der Waals surface area contributed by atoms with Gasteiger partial charge in [0.05, 0.1) is 6.54 Å². The number of amides is 2. The number of nitrogens with zero attached hydrogens (tertiary/aromatic N) is 1. The molecule has 3 aromatic rings. The molecule has 128 valence electrons. The van der Waals surface area contributed by atoms with E-state index in [0.29, 0.717) is 28.2 Å². The number of aromatic nitrogens is 1. The van der Waals surface area contributed by atoms with E-state index >= 15 is 0 Å². The summed E-state index contributed by atoms with van der Waals surface area (Å²) in [6.45, 7) is 5.51. The molecule has 3 rings (SSSR count). The predicted molar refractivity (Wildman–Crippen MR) is 95.6 cm³/mol. The molecule has 25 heavy (non-hydrogen) atoms. The zero-order valence-electron chi connectivity index (χ0n) is 14.3. The van der Waals surface area contributed by atoms with Gasteiger partial charge in [0.2, 0.25) is 5.91 Å². The van der Waals surface area contributed by atoms with Crippen molar-refractivity contribution in [2.24, 2.45) is 0 Å². The standard InChI is InChI=1S/C19H19N3O3/c1-11-6-12(2)8-14(7-11)19(24)20-10-18(23)22-15-4-5-17-16(9-15)21-13(3)25-17/h4-9H,10H2,1-3H3,(H,20,24)(H,22,23). The molecule has 0 aliphatic carbocycles. The van der Waals surface area contributed by atoms with E-state index in [1.807, 2.05) is 19.9 Å². The molecule has 0 fully saturated rings. The fraction of sp³-hybridized carbons (Fsp3) is 0.211. The van der Waals surface area contributed by atoms with E-state index in [0.717, 1.165) is 11.1 Å². The fourth-order valence-corrected chi connectivity index (χ4v) is 2.69. The lowest BCUT2D eigenvalue weighted by Gasteiger charge is -2.08. The molecule has 6 heteroatoms. The second-order valence-corrected chi connectivity index (χ2v) is 6.02. The van der Waals surface area contributed by atoms with Gasteiger partial charge in [-0.15, -0.1) is 0 Å². The number of fused-ring (bicyclic) bond motifs is 1. The molecule has 2 N–H and O–H groups in total. The van der Waals surface area contributed by atoms with E-state index in [9.17, 15) is 9.59 Å². The molecule has 0 bridgehead atoms. The van der Waals surface area contributed by atoms with E-state index in [4.69, 9.17) is 4.42 Å². The van der Waals surface area contributed by atoms with Gasteiger partial charge in [-0.25, -0.2) is 4.98 Å². The van der Waals surface area contributed by atoms with Crippen LogP contribution < -0.4 is 10.6 Å². The molecule has 0 atom stereocenters. The van der Waals surface area contributed by atoms with Crippen LogP contribution in [0.4, 0.5) is 5.69 Å². The van der Waals surface area contributed by atoms with Crippen LogP contribution in [0.25, 0.3) is 11.1 Å². The van der Waals surface area contributed by atoms with Crippen molar-refractivity contribution < 1.29 is 14.0 Å². The molecule has 0 saturated heterocycles. The van der Waals surface area contributed by atoms with Crippen molar-refractivity contribution in [3.63, 3.8) is 0 Å². The average Bonchev–Trinajstić information content (AvgIpc) is 2.91. The quantitative estimate of drug-likeness (QED) is 0.766. The largest absolute Gasteiger partial charge is 0.441 e. The van der Waals surface area contributed by atoms with Crippen LogP contribution in [0.1, 0.15) is 27.4 Å². The Morgan fingerprint density at radius 2 is 1.76 bits per heavy atom. The Morgan fingerprint density at radius 3 is 2.48 bits per heavy atom. The highest BCUT2D eigenvalue weighted by molar-refractivity contribution is 6.00. The maximum Gasteiger partial charge on any atom is 0.251 e. The number of hydrogen-bond acceptors (Lipinski definition) is 4. The summed E-state index contributed by atoms with van der Waals surface area (Å²) in [6.07, 6.45) is 0. The highest BCUT2D eigenvalue weighted by Gasteiger charge is 2.10. The average molecular weight is 337 g/mol. The van der Waals surface area contributed by atoms with Crippen molar-refractivity contribution in [1.29, 1.82) is 0 Å². The van der Waals surface area contributed by atoms with Crippen molar-refractivity contribution in [3.8, 4) is 0 Å². The Labute approximate surface area is 145 Å². The summed E-state index contributed by atoms with van der Waals surface area (Å²) in [7, 11) is 0. The van der Waals surface area contributed by atoms with Gasteiger partial charge < -0.3 is 15.1 Å². The van der Waals surface area contributed by atoms with E-state index in [2.05, 4.69) is 15.6 Å². The number of carbonyl (C=O) groups excluding carboxylic acids is 2. The summed E-state index contributed by atoms with van der Waals surface area (Å²) in [6, 6.07) is 10.8. The smallest absolute Gasteiger partial charge is 0.251 e. The Kier molecular flexibility index (Phi) is 4.52. The first kappa shape index (κ1) is 16.7. The molecule has 0 saturated carbocycles. The van der Waals surface area contributed by atoms with Crippen LogP contribution in [0, 0.1) is 20.8 Å². The molecule has 0 aliphatic heterocycles. The van der Waals surface area contributed by atoms with Crippen molar-refractivity contribution >= 4 is 28.6 Å². The summed E-state index contributed by atoms with van der Waals surface area (Å²) in [4.78, 5) is 28.4. The van der Waals surface area contributed by atoms with Crippen LogP contribution in [0.15, 0.2) is 40.8 Å².